The highest BCUT2D eigenvalue weighted by molar-refractivity contribution is 5.03. The van der Waals surface area contributed by atoms with Crippen molar-refractivity contribution in [3.8, 4) is 0 Å². The smallest absolute Gasteiger partial charge is 0.274 e. The SMILES string of the molecule is C=C1O[C@H]2[C@@H](O1)[C@@H](CO)O[C@@H]1OC(=C)O[C@@H]12. The zero-order valence-corrected chi connectivity index (χ0v) is 8.50. The summed E-state index contributed by atoms with van der Waals surface area (Å²) in [7, 11) is 0. The molecule has 3 aliphatic rings. The zero-order chi connectivity index (χ0) is 11.3. The van der Waals surface area contributed by atoms with Crippen LogP contribution in [0.1, 0.15) is 0 Å². The molecule has 6 heteroatoms. The van der Waals surface area contributed by atoms with Gasteiger partial charge in [-0.1, -0.05) is 0 Å². The summed E-state index contributed by atoms with van der Waals surface area (Å²) in [5, 5.41) is 9.20. The van der Waals surface area contributed by atoms with E-state index in [-0.39, 0.29) is 24.6 Å². The van der Waals surface area contributed by atoms with E-state index in [0.29, 0.717) is 0 Å². The highest BCUT2D eigenvalue weighted by Gasteiger charge is 2.57. The molecule has 1 N–H and O–H groups in total. The minimum Gasteiger partial charge on any atom is -0.456 e. The summed E-state index contributed by atoms with van der Waals surface area (Å²) >= 11 is 0. The molecule has 3 aliphatic heterocycles. The van der Waals surface area contributed by atoms with Gasteiger partial charge in [-0.2, -0.15) is 0 Å². The molecule has 5 atom stereocenters. The van der Waals surface area contributed by atoms with Gasteiger partial charge in [0.05, 0.1) is 6.61 Å². The minimum atomic E-state index is -0.611. The molecule has 3 fully saturated rings. The van der Waals surface area contributed by atoms with Gasteiger partial charge in [0.25, 0.3) is 11.9 Å². The summed E-state index contributed by atoms with van der Waals surface area (Å²) in [5.74, 6) is 0.396. The van der Waals surface area contributed by atoms with E-state index in [1.165, 1.54) is 0 Å². The molecule has 6 nitrogen and oxygen atoms in total. The van der Waals surface area contributed by atoms with Crippen LogP contribution >= 0.6 is 0 Å². The second kappa shape index (κ2) is 3.29. The predicted molar refractivity (Wildman–Crippen MR) is 49.7 cm³/mol. The number of hydrogen-bond donors (Lipinski definition) is 1. The van der Waals surface area contributed by atoms with E-state index in [9.17, 15) is 5.11 Å². The fraction of sp³-hybridized carbons (Fsp3) is 0.600. The van der Waals surface area contributed by atoms with Crippen molar-refractivity contribution in [3.05, 3.63) is 25.0 Å². The first kappa shape index (κ1) is 9.80. The third-order valence-corrected chi connectivity index (χ3v) is 2.82. The minimum absolute atomic E-state index is 0.184. The number of hydrogen-bond acceptors (Lipinski definition) is 6. The molecular weight excluding hydrogens is 216 g/mol. The molecular formula is C10H12O6. The van der Waals surface area contributed by atoms with Crippen LogP contribution in [0.5, 0.6) is 0 Å². The maximum absolute atomic E-state index is 9.20. The maximum Gasteiger partial charge on any atom is 0.274 e. The lowest BCUT2D eigenvalue weighted by molar-refractivity contribution is -0.224. The molecule has 0 bridgehead atoms. The number of aliphatic hydroxyl groups excluding tert-OH is 1. The average Bonchev–Trinajstić information content (AvgIpc) is 2.78. The van der Waals surface area contributed by atoms with E-state index in [2.05, 4.69) is 13.2 Å². The monoisotopic (exact) mass is 228 g/mol. The average molecular weight is 228 g/mol. The number of rotatable bonds is 1. The topological polar surface area (TPSA) is 66.4 Å². The van der Waals surface area contributed by atoms with Crippen molar-refractivity contribution in [3.63, 3.8) is 0 Å². The predicted octanol–water partition coefficient (Wildman–Crippen LogP) is -0.155. The first-order valence-electron chi connectivity index (χ1n) is 5.00. The Labute approximate surface area is 92.0 Å². The Morgan fingerprint density at radius 3 is 2.31 bits per heavy atom. The lowest BCUT2D eigenvalue weighted by Crippen LogP contribution is -2.56. The fourth-order valence-corrected chi connectivity index (χ4v) is 2.16. The summed E-state index contributed by atoms with van der Waals surface area (Å²) in [6.07, 6.45) is -2.36. The van der Waals surface area contributed by atoms with Crippen LogP contribution < -0.4 is 0 Å². The van der Waals surface area contributed by atoms with Gasteiger partial charge in [0.1, 0.15) is 6.10 Å². The van der Waals surface area contributed by atoms with E-state index in [4.69, 9.17) is 23.7 Å². The molecule has 88 valence electrons. The summed E-state index contributed by atoms with van der Waals surface area (Å²) in [4.78, 5) is 0. The molecule has 0 unspecified atom stereocenters. The van der Waals surface area contributed by atoms with Crippen LogP contribution in [0.2, 0.25) is 0 Å². The molecule has 3 saturated heterocycles. The Morgan fingerprint density at radius 1 is 0.938 bits per heavy atom. The second-order valence-corrected chi connectivity index (χ2v) is 3.83. The number of aliphatic hydroxyl groups is 1. The fourth-order valence-electron chi connectivity index (χ4n) is 2.16. The molecule has 0 amide bonds. The summed E-state index contributed by atoms with van der Waals surface area (Å²) < 4.78 is 26.8. The first-order chi connectivity index (χ1) is 7.69. The van der Waals surface area contributed by atoms with E-state index >= 15 is 0 Å². The Balaban J connectivity index is 1.87. The Morgan fingerprint density at radius 2 is 1.56 bits per heavy atom. The van der Waals surface area contributed by atoms with E-state index in [1.54, 1.807) is 0 Å². The summed E-state index contributed by atoms with van der Waals surface area (Å²) in [6, 6.07) is 0. The quantitative estimate of drug-likeness (QED) is 0.673. The van der Waals surface area contributed by atoms with Crippen molar-refractivity contribution in [1.29, 1.82) is 0 Å². The maximum atomic E-state index is 9.20. The highest BCUT2D eigenvalue weighted by Crippen LogP contribution is 2.39. The van der Waals surface area contributed by atoms with Crippen molar-refractivity contribution in [2.24, 2.45) is 0 Å². The van der Waals surface area contributed by atoms with Gasteiger partial charge in [-0.15, -0.1) is 0 Å². The molecule has 0 aromatic carbocycles. The molecule has 3 rings (SSSR count). The zero-order valence-electron chi connectivity index (χ0n) is 8.50. The van der Waals surface area contributed by atoms with Crippen LogP contribution in [-0.2, 0) is 23.7 Å². The van der Waals surface area contributed by atoms with Gasteiger partial charge in [0.2, 0.25) is 12.4 Å². The van der Waals surface area contributed by atoms with E-state index in [0.717, 1.165) is 0 Å². The van der Waals surface area contributed by atoms with Gasteiger partial charge in [-0.3, -0.25) is 0 Å². The van der Waals surface area contributed by atoms with Gasteiger partial charge in [-0.25, -0.2) is 0 Å². The molecule has 0 aromatic heterocycles. The van der Waals surface area contributed by atoms with Crippen molar-refractivity contribution in [2.75, 3.05) is 6.61 Å². The van der Waals surface area contributed by atoms with Crippen molar-refractivity contribution < 1.29 is 28.8 Å². The third-order valence-electron chi connectivity index (χ3n) is 2.82. The van der Waals surface area contributed by atoms with E-state index < -0.39 is 24.6 Å². The van der Waals surface area contributed by atoms with Crippen molar-refractivity contribution in [2.45, 2.75) is 30.7 Å². The molecule has 0 saturated carbocycles. The van der Waals surface area contributed by atoms with Gasteiger partial charge in [0, 0.05) is 0 Å². The molecule has 0 aliphatic carbocycles. The Hall–Kier alpha value is -1.40. The summed E-state index contributed by atoms with van der Waals surface area (Å²) in [6.45, 7) is 6.95. The Bertz CT molecular complexity index is 340. The molecule has 0 spiro atoms. The van der Waals surface area contributed by atoms with Gasteiger partial charge in [-0.05, 0) is 13.2 Å². The third kappa shape index (κ3) is 1.27. The summed E-state index contributed by atoms with van der Waals surface area (Å²) in [5.41, 5.74) is 0. The highest BCUT2D eigenvalue weighted by atomic mass is 16.8. The Kier molecular flexibility index (Phi) is 2.02. The lowest BCUT2D eigenvalue weighted by Gasteiger charge is -2.34. The normalized spacial score (nSPS) is 44.9. The van der Waals surface area contributed by atoms with Gasteiger partial charge >= 0.3 is 0 Å². The van der Waals surface area contributed by atoms with Crippen LogP contribution in [0.4, 0.5) is 0 Å². The second-order valence-electron chi connectivity index (χ2n) is 3.83. The largest absolute Gasteiger partial charge is 0.456 e. The number of ether oxygens (including phenoxy) is 5. The van der Waals surface area contributed by atoms with Crippen LogP contribution in [-0.4, -0.2) is 42.4 Å². The number of fused-ring (bicyclic) bond motifs is 3. The standard InChI is InChI=1S/C10H12O6/c1-4-12-7-6(3-11)16-10-9(8(7)13-4)14-5(2)15-10/h6-11H,1-3H2/t6-,7+,8+,9-,10+/m1/s1. The van der Waals surface area contributed by atoms with E-state index in [1.807, 2.05) is 0 Å². The van der Waals surface area contributed by atoms with Crippen molar-refractivity contribution in [1.82, 2.24) is 0 Å². The van der Waals surface area contributed by atoms with Crippen LogP contribution in [0.15, 0.2) is 25.0 Å². The lowest BCUT2D eigenvalue weighted by atomic mass is 9.99. The van der Waals surface area contributed by atoms with Gasteiger partial charge in [0.15, 0.2) is 12.2 Å². The molecule has 3 heterocycles. The molecule has 16 heavy (non-hydrogen) atoms. The van der Waals surface area contributed by atoms with Crippen LogP contribution in [0, 0.1) is 0 Å². The molecule has 0 aromatic rings. The molecule has 0 radical (unpaired) electrons. The van der Waals surface area contributed by atoms with Crippen molar-refractivity contribution >= 4 is 0 Å². The van der Waals surface area contributed by atoms with Crippen LogP contribution in [0.3, 0.4) is 0 Å². The van der Waals surface area contributed by atoms with Crippen LogP contribution in [0.25, 0.3) is 0 Å². The van der Waals surface area contributed by atoms with Gasteiger partial charge < -0.3 is 28.8 Å². The first-order valence-corrected chi connectivity index (χ1v) is 5.00.